The molecule has 2 atom stereocenters. The van der Waals surface area contributed by atoms with Gasteiger partial charge in [-0.1, -0.05) is 27.2 Å². The van der Waals surface area contributed by atoms with Crippen molar-refractivity contribution in [3.63, 3.8) is 0 Å². The second-order valence-electron chi connectivity index (χ2n) is 6.87. The Labute approximate surface area is 107 Å². The molecule has 2 heterocycles. The van der Waals surface area contributed by atoms with E-state index in [0.717, 1.165) is 31.7 Å². The lowest BCUT2D eigenvalue weighted by molar-refractivity contribution is 0.111. The molecule has 2 fully saturated rings. The third-order valence-electron chi connectivity index (χ3n) is 4.71. The lowest BCUT2D eigenvalue weighted by Crippen LogP contribution is -2.40. The molecular formula is C15H29NO. The molecule has 0 aromatic heterocycles. The van der Waals surface area contributed by atoms with Crippen molar-refractivity contribution in [1.29, 1.82) is 0 Å². The fourth-order valence-electron chi connectivity index (χ4n) is 3.42. The van der Waals surface area contributed by atoms with Crippen molar-refractivity contribution in [1.82, 2.24) is 4.90 Å². The van der Waals surface area contributed by atoms with Crippen molar-refractivity contribution >= 4 is 0 Å². The summed E-state index contributed by atoms with van der Waals surface area (Å²) in [7, 11) is 0. The van der Waals surface area contributed by atoms with Gasteiger partial charge in [0.15, 0.2) is 0 Å². The number of rotatable bonds is 0. The summed E-state index contributed by atoms with van der Waals surface area (Å²) in [5.41, 5.74) is 0.481. The zero-order valence-electron chi connectivity index (χ0n) is 11.9. The molecule has 2 saturated heterocycles. The van der Waals surface area contributed by atoms with E-state index in [1.165, 1.54) is 38.6 Å². The molecule has 2 nitrogen and oxygen atoms in total. The van der Waals surface area contributed by atoms with Gasteiger partial charge in [0.05, 0.1) is 6.61 Å². The van der Waals surface area contributed by atoms with Gasteiger partial charge in [-0.15, -0.1) is 0 Å². The Kier molecular flexibility index (Phi) is 4.48. The molecule has 0 spiro atoms. The lowest BCUT2D eigenvalue weighted by Gasteiger charge is -2.38. The maximum atomic E-state index is 5.62. The van der Waals surface area contributed by atoms with Crippen LogP contribution in [0.1, 0.15) is 52.9 Å². The Morgan fingerprint density at radius 2 is 1.76 bits per heavy atom. The molecule has 0 radical (unpaired) electrons. The standard InChI is InChI=1S/C15H29NO/c1-15(2,3)13-5-4-6-14-8-11-17-12-10-16(14)9-7-13/h13-14H,4-12H2,1-3H3/t13-,14?/m1/s1. The van der Waals surface area contributed by atoms with Crippen LogP contribution in [0, 0.1) is 11.3 Å². The Balaban J connectivity index is 1.95. The highest BCUT2D eigenvalue weighted by Gasteiger charge is 2.29. The van der Waals surface area contributed by atoms with Crippen LogP contribution in [-0.4, -0.2) is 37.2 Å². The fraction of sp³-hybridized carbons (Fsp3) is 1.00. The van der Waals surface area contributed by atoms with Gasteiger partial charge < -0.3 is 4.74 Å². The minimum atomic E-state index is 0.481. The number of hydrogen-bond acceptors (Lipinski definition) is 2. The van der Waals surface area contributed by atoms with Crippen LogP contribution in [0.25, 0.3) is 0 Å². The first kappa shape index (κ1) is 13.4. The molecule has 2 heteroatoms. The Bertz CT molecular complexity index is 234. The highest BCUT2D eigenvalue weighted by Crippen LogP contribution is 2.35. The number of hydrogen-bond donors (Lipinski definition) is 0. The molecule has 2 aliphatic heterocycles. The van der Waals surface area contributed by atoms with E-state index in [1.54, 1.807) is 0 Å². The van der Waals surface area contributed by atoms with E-state index in [1.807, 2.05) is 0 Å². The van der Waals surface area contributed by atoms with Crippen molar-refractivity contribution in [2.24, 2.45) is 11.3 Å². The zero-order valence-corrected chi connectivity index (χ0v) is 11.9. The van der Waals surface area contributed by atoms with Crippen molar-refractivity contribution in [3.05, 3.63) is 0 Å². The number of fused-ring (bicyclic) bond motifs is 1. The summed E-state index contributed by atoms with van der Waals surface area (Å²) < 4.78 is 5.62. The van der Waals surface area contributed by atoms with E-state index in [0.29, 0.717) is 5.41 Å². The smallest absolute Gasteiger partial charge is 0.0593 e. The van der Waals surface area contributed by atoms with Crippen LogP contribution in [0.15, 0.2) is 0 Å². The first-order valence-electron chi connectivity index (χ1n) is 7.39. The van der Waals surface area contributed by atoms with E-state index in [-0.39, 0.29) is 0 Å². The van der Waals surface area contributed by atoms with Crippen LogP contribution in [-0.2, 0) is 4.74 Å². The van der Waals surface area contributed by atoms with Gasteiger partial charge in [-0.05, 0) is 43.6 Å². The molecule has 0 saturated carbocycles. The maximum absolute atomic E-state index is 5.62. The quantitative estimate of drug-likeness (QED) is 0.643. The van der Waals surface area contributed by atoms with E-state index in [9.17, 15) is 0 Å². The van der Waals surface area contributed by atoms with Crippen LogP contribution in [0.2, 0.25) is 0 Å². The molecule has 2 aliphatic rings. The molecule has 17 heavy (non-hydrogen) atoms. The average Bonchev–Trinajstić information content (AvgIpc) is 2.41. The van der Waals surface area contributed by atoms with Gasteiger partial charge in [-0.25, -0.2) is 0 Å². The fourth-order valence-corrected chi connectivity index (χ4v) is 3.42. The summed E-state index contributed by atoms with van der Waals surface area (Å²) in [6, 6.07) is 0.804. The van der Waals surface area contributed by atoms with Gasteiger partial charge >= 0.3 is 0 Å². The second-order valence-corrected chi connectivity index (χ2v) is 6.87. The molecule has 0 amide bonds. The summed E-state index contributed by atoms with van der Waals surface area (Å²) >= 11 is 0. The minimum Gasteiger partial charge on any atom is -0.380 e. The molecule has 0 aromatic rings. The Morgan fingerprint density at radius 1 is 0.941 bits per heavy atom. The summed E-state index contributed by atoms with van der Waals surface area (Å²) in [4.78, 5) is 2.70. The zero-order chi connectivity index (χ0) is 12.3. The largest absolute Gasteiger partial charge is 0.380 e. The van der Waals surface area contributed by atoms with Gasteiger partial charge in [-0.3, -0.25) is 4.90 Å². The predicted molar refractivity (Wildman–Crippen MR) is 72.2 cm³/mol. The van der Waals surface area contributed by atoms with Crippen LogP contribution in [0.4, 0.5) is 0 Å². The van der Waals surface area contributed by atoms with Crippen molar-refractivity contribution in [2.45, 2.75) is 58.9 Å². The third kappa shape index (κ3) is 3.69. The first-order valence-corrected chi connectivity index (χ1v) is 7.39. The van der Waals surface area contributed by atoms with Gasteiger partial charge in [-0.2, -0.15) is 0 Å². The van der Waals surface area contributed by atoms with Crippen LogP contribution < -0.4 is 0 Å². The topological polar surface area (TPSA) is 12.5 Å². The van der Waals surface area contributed by atoms with Gasteiger partial charge in [0.25, 0.3) is 0 Å². The predicted octanol–water partition coefficient (Wildman–Crippen LogP) is 3.31. The first-order chi connectivity index (χ1) is 8.07. The molecule has 2 rings (SSSR count). The molecule has 1 unspecified atom stereocenters. The monoisotopic (exact) mass is 239 g/mol. The van der Waals surface area contributed by atoms with E-state index in [2.05, 4.69) is 25.7 Å². The molecule has 100 valence electrons. The van der Waals surface area contributed by atoms with Crippen molar-refractivity contribution in [3.8, 4) is 0 Å². The molecule has 0 aromatic carbocycles. The maximum Gasteiger partial charge on any atom is 0.0593 e. The number of ether oxygens (including phenoxy) is 1. The lowest BCUT2D eigenvalue weighted by atomic mass is 9.75. The molecule has 0 bridgehead atoms. The van der Waals surface area contributed by atoms with Crippen LogP contribution in [0.5, 0.6) is 0 Å². The van der Waals surface area contributed by atoms with E-state index >= 15 is 0 Å². The summed E-state index contributed by atoms with van der Waals surface area (Å²) in [5.74, 6) is 0.896. The van der Waals surface area contributed by atoms with Gasteiger partial charge in [0, 0.05) is 19.2 Å². The summed E-state index contributed by atoms with van der Waals surface area (Å²) in [5, 5.41) is 0. The molecule has 0 N–H and O–H groups in total. The second kappa shape index (κ2) is 5.71. The van der Waals surface area contributed by atoms with Crippen LogP contribution in [0.3, 0.4) is 0 Å². The molecular weight excluding hydrogens is 210 g/mol. The average molecular weight is 239 g/mol. The van der Waals surface area contributed by atoms with Gasteiger partial charge in [0.1, 0.15) is 0 Å². The van der Waals surface area contributed by atoms with Gasteiger partial charge in [0.2, 0.25) is 0 Å². The normalized spacial score (nSPS) is 33.4. The minimum absolute atomic E-state index is 0.481. The van der Waals surface area contributed by atoms with Crippen molar-refractivity contribution in [2.75, 3.05) is 26.3 Å². The Morgan fingerprint density at radius 3 is 2.53 bits per heavy atom. The van der Waals surface area contributed by atoms with E-state index in [4.69, 9.17) is 4.74 Å². The van der Waals surface area contributed by atoms with E-state index < -0.39 is 0 Å². The third-order valence-corrected chi connectivity index (χ3v) is 4.71. The number of nitrogens with zero attached hydrogens (tertiary/aromatic N) is 1. The highest BCUT2D eigenvalue weighted by atomic mass is 16.5. The summed E-state index contributed by atoms with van der Waals surface area (Å²) in [6.45, 7) is 11.6. The SMILES string of the molecule is CC(C)(C)[C@@H]1CCCC2CCOCCN2CC1. The Hall–Kier alpha value is -0.0800. The summed E-state index contributed by atoms with van der Waals surface area (Å²) in [6.07, 6.45) is 6.84. The van der Waals surface area contributed by atoms with Crippen molar-refractivity contribution < 1.29 is 4.74 Å². The highest BCUT2D eigenvalue weighted by molar-refractivity contribution is 4.82. The van der Waals surface area contributed by atoms with Crippen LogP contribution >= 0.6 is 0 Å². The molecule has 0 aliphatic carbocycles.